The van der Waals surface area contributed by atoms with Crippen LogP contribution in [0.3, 0.4) is 0 Å². The SMILES string of the molecule is CCNC(=NCCCC(=O)NC1CC1)NC1CCC(O)CC1. The third kappa shape index (κ3) is 6.64. The number of carbonyl (C=O) groups is 1. The normalized spacial score (nSPS) is 25.6. The lowest BCUT2D eigenvalue weighted by Gasteiger charge is -2.27. The van der Waals surface area contributed by atoms with Gasteiger partial charge in [-0.3, -0.25) is 9.79 Å². The molecule has 2 rings (SSSR count). The first-order chi connectivity index (χ1) is 10.7. The van der Waals surface area contributed by atoms with Crippen molar-refractivity contribution in [1.82, 2.24) is 16.0 Å². The Balaban J connectivity index is 1.66. The van der Waals surface area contributed by atoms with Gasteiger partial charge >= 0.3 is 0 Å². The maximum atomic E-state index is 11.6. The smallest absolute Gasteiger partial charge is 0.220 e. The fourth-order valence-electron chi connectivity index (χ4n) is 2.69. The van der Waals surface area contributed by atoms with Crippen molar-refractivity contribution < 1.29 is 9.90 Å². The number of aliphatic hydroxyl groups excluding tert-OH is 1. The molecule has 22 heavy (non-hydrogen) atoms. The standard InChI is InChI=1S/C16H30N4O2/c1-2-17-16(20-13-7-9-14(21)10-8-13)18-11-3-4-15(22)19-12-5-6-12/h12-14,21H,2-11H2,1H3,(H,19,22)(H2,17,18,20). The first-order valence-electron chi connectivity index (χ1n) is 8.69. The maximum Gasteiger partial charge on any atom is 0.220 e. The van der Waals surface area contributed by atoms with Crippen LogP contribution < -0.4 is 16.0 Å². The molecule has 2 fully saturated rings. The summed E-state index contributed by atoms with van der Waals surface area (Å²) >= 11 is 0. The molecule has 0 aromatic rings. The number of carbonyl (C=O) groups excluding carboxylic acids is 1. The summed E-state index contributed by atoms with van der Waals surface area (Å²) in [6.45, 7) is 3.52. The number of hydrogen-bond acceptors (Lipinski definition) is 3. The van der Waals surface area contributed by atoms with Crippen molar-refractivity contribution in [2.45, 2.75) is 76.5 Å². The molecule has 4 N–H and O–H groups in total. The van der Waals surface area contributed by atoms with E-state index in [1.165, 1.54) is 0 Å². The van der Waals surface area contributed by atoms with E-state index in [9.17, 15) is 9.90 Å². The van der Waals surface area contributed by atoms with Gasteiger partial charge < -0.3 is 21.1 Å². The Morgan fingerprint density at radius 1 is 1.09 bits per heavy atom. The lowest BCUT2D eigenvalue weighted by atomic mass is 9.93. The molecular formula is C16H30N4O2. The molecule has 0 atom stereocenters. The van der Waals surface area contributed by atoms with Gasteiger partial charge in [0.1, 0.15) is 0 Å². The topological polar surface area (TPSA) is 85.8 Å². The average Bonchev–Trinajstić information content (AvgIpc) is 3.30. The number of rotatable bonds is 7. The molecule has 0 aromatic carbocycles. The lowest BCUT2D eigenvalue weighted by Crippen LogP contribution is -2.45. The van der Waals surface area contributed by atoms with Crippen LogP contribution in [0.2, 0.25) is 0 Å². The van der Waals surface area contributed by atoms with Gasteiger partial charge in [0.15, 0.2) is 5.96 Å². The highest BCUT2D eigenvalue weighted by atomic mass is 16.3. The van der Waals surface area contributed by atoms with Crippen LogP contribution in [-0.2, 0) is 4.79 Å². The molecular weight excluding hydrogens is 280 g/mol. The molecule has 2 saturated carbocycles. The highest BCUT2D eigenvalue weighted by Crippen LogP contribution is 2.19. The quantitative estimate of drug-likeness (QED) is 0.320. The Bertz CT molecular complexity index is 374. The summed E-state index contributed by atoms with van der Waals surface area (Å²) in [7, 11) is 0. The third-order valence-electron chi connectivity index (χ3n) is 4.16. The van der Waals surface area contributed by atoms with Gasteiger partial charge in [0.05, 0.1) is 6.10 Å². The maximum absolute atomic E-state index is 11.6. The second-order valence-corrected chi connectivity index (χ2v) is 6.36. The largest absolute Gasteiger partial charge is 0.393 e. The second-order valence-electron chi connectivity index (χ2n) is 6.36. The van der Waals surface area contributed by atoms with E-state index >= 15 is 0 Å². The molecule has 2 aliphatic carbocycles. The van der Waals surface area contributed by atoms with Crippen LogP contribution >= 0.6 is 0 Å². The summed E-state index contributed by atoms with van der Waals surface area (Å²) in [5, 5.41) is 19.2. The van der Waals surface area contributed by atoms with E-state index in [1.807, 2.05) is 6.92 Å². The van der Waals surface area contributed by atoms with Crippen molar-refractivity contribution in [2.75, 3.05) is 13.1 Å². The van der Waals surface area contributed by atoms with E-state index in [0.29, 0.717) is 25.0 Å². The van der Waals surface area contributed by atoms with Crippen LogP contribution in [0.4, 0.5) is 0 Å². The van der Waals surface area contributed by atoms with Gasteiger partial charge in [-0.2, -0.15) is 0 Å². The van der Waals surface area contributed by atoms with Gasteiger partial charge in [-0.1, -0.05) is 0 Å². The predicted molar refractivity (Wildman–Crippen MR) is 87.8 cm³/mol. The summed E-state index contributed by atoms with van der Waals surface area (Å²) in [6.07, 6.45) is 7.14. The van der Waals surface area contributed by atoms with E-state index in [2.05, 4.69) is 20.9 Å². The number of aliphatic hydroxyl groups is 1. The molecule has 0 unspecified atom stereocenters. The summed E-state index contributed by atoms with van der Waals surface area (Å²) in [5.41, 5.74) is 0. The number of hydrogen-bond donors (Lipinski definition) is 4. The van der Waals surface area contributed by atoms with Crippen molar-refractivity contribution in [3.05, 3.63) is 0 Å². The molecule has 0 aliphatic heterocycles. The van der Waals surface area contributed by atoms with Gasteiger partial charge in [0, 0.05) is 31.6 Å². The average molecular weight is 310 g/mol. The first kappa shape index (κ1) is 17.1. The monoisotopic (exact) mass is 310 g/mol. The van der Waals surface area contributed by atoms with Crippen molar-refractivity contribution in [3.63, 3.8) is 0 Å². The van der Waals surface area contributed by atoms with Crippen LogP contribution in [0.5, 0.6) is 0 Å². The van der Waals surface area contributed by atoms with Gasteiger partial charge in [-0.25, -0.2) is 0 Å². The highest BCUT2D eigenvalue weighted by Gasteiger charge is 2.22. The number of amides is 1. The minimum Gasteiger partial charge on any atom is -0.393 e. The van der Waals surface area contributed by atoms with E-state index in [-0.39, 0.29) is 12.0 Å². The molecule has 0 saturated heterocycles. The van der Waals surface area contributed by atoms with Crippen molar-refractivity contribution in [3.8, 4) is 0 Å². The third-order valence-corrected chi connectivity index (χ3v) is 4.16. The van der Waals surface area contributed by atoms with Crippen molar-refractivity contribution >= 4 is 11.9 Å². The minimum absolute atomic E-state index is 0.137. The van der Waals surface area contributed by atoms with Crippen molar-refractivity contribution in [2.24, 2.45) is 4.99 Å². The van der Waals surface area contributed by atoms with E-state index < -0.39 is 0 Å². The summed E-state index contributed by atoms with van der Waals surface area (Å²) in [4.78, 5) is 16.1. The Hall–Kier alpha value is -1.30. The van der Waals surface area contributed by atoms with Gasteiger partial charge in [0.25, 0.3) is 0 Å². The Morgan fingerprint density at radius 3 is 2.36 bits per heavy atom. The predicted octanol–water partition coefficient (Wildman–Crippen LogP) is 0.904. The van der Waals surface area contributed by atoms with Crippen LogP contribution in [0.1, 0.15) is 58.3 Å². The Kier molecular flexibility index (Phi) is 6.96. The molecule has 0 radical (unpaired) electrons. The van der Waals surface area contributed by atoms with Crippen LogP contribution in [0.25, 0.3) is 0 Å². The molecule has 0 spiro atoms. The molecule has 0 aromatic heterocycles. The zero-order valence-electron chi connectivity index (χ0n) is 13.6. The summed E-state index contributed by atoms with van der Waals surface area (Å²) in [6, 6.07) is 0.830. The number of nitrogens with zero attached hydrogens (tertiary/aromatic N) is 1. The first-order valence-corrected chi connectivity index (χ1v) is 8.69. The Morgan fingerprint density at radius 2 is 1.73 bits per heavy atom. The molecule has 1 amide bonds. The fraction of sp³-hybridized carbons (Fsp3) is 0.875. The molecule has 2 aliphatic rings. The number of aliphatic imine (C=N–C) groups is 1. The summed E-state index contributed by atoms with van der Waals surface area (Å²) in [5.74, 6) is 0.975. The van der Waals surface area contributed by atoms with E-state index in [4.69, 9.17) is 0 Å². The van der Waals surface area contributed by atoms with Crippen LogP contribution in [0.15, 0.2) is 4.99 Å². The molecule has 6 nitrogen and oxygen atoms in total. The number of guanidine groups is 1. The molecule has 6 heteroatoms. The highest BCUT2D eigenvalue weighted by molar-refractivity contribution is 5.80. The fourth-order valence-corrected chi connectivity index (χ4v) is 2.69. The molecule has 0 heterocycles. The zero-order chi connectivity index (χ0) is 15.8. The number of nitrogens with one attached hydrogen (secondary N) is 3. The van der Waals surface area contributed by atoms with Gasteiger partial charge in [-0.15, -0.1) is 0 Å². The molecule has 0 bridgehead atoms. The van der Waals surface area contributed by atoms with Crippen LogP contribution in [-0.4, -0.2) is 48.3 Å². The van der Waals surface area contributed by atoms with Gasteiger partial charge in [0.2, 0.25) is 5.91 Å². The Labute approximate surface area is 133 Å². The second kappa shape index (κ2) is 8.98. The van der Waals surface area contributed by atoms with E-state index in [1.54, 1.807) is 0 Å². The molecule has 126 valence electrons. The van der Waals surface area contributed by atoms with Gasteiger partial charge in [-0.05, 0) is 51.9 Å². The minimum atomic E-state index is -0.137. The zero-order valence-corrected chi connectivity index (χ0v) is 13.6. The van der Waals surface area contributed by atoms with E-state index in [0.717, 1.165) is 57.5 Å². The van der Waals surface area contributed by atoms with Crippen LogP contribution in [0, 0.1) is 0 Å². The van der Waals surface area contributed by atoms with Crippen molar-refractivity contribution in [1.29, 1.82) is 0 Å². The lowest BCUT2D eigenvalue weighted by molar-refractivity contribution is -0.121. The summed E-state index contributed by atoms with van der Waals surface area (Å²) < 4.78 is 0.